The highest BCUT2D eigenvalue weighted by Crippen LogP contribution is 2.25. The Bertz CT molecular complexity index is 1010. The van der Waals surface area contributed by atoms with E-state index in [0.29, 0.717) is 25.3 Å². The van der Waals surface area contributed by atoms with Gasteiger partial charge >= 0.3 is 0 Å². The summed E-state index contributed by atoms with van der Waals surface area (Å²) in [7, 11) is 0. The van der Waals surface area contributed by atoms with Gasteiger partial charge in [0.15, 0.2) is 6.61 Å². The number of hydrogen-bond acceptors (Lipinski definition) is 3. The van der Waals surface area contributed by atoms with Gasteiger partial charge in [0.2, 0.25) is 5.91 Å². The van der Waals surface area contributed by atoms with Crippen LogP contribution >= 0.6 is 0 Å². The maximum Gasteiger partial charge on any atom is 0.261 e. The van der Waals surface area contributed by atoms with Gasteiger partial charge in [-0.1, -0.05) is 87.0 Å². The number of nitrogens with zero attached hydrogens (tertiary/aromatic N) is 1. The second-order valence-corrected chi connectivity index (χ2v) is 7.84. The molecule has 3 aromatic rings. The number of ether oxygens (including phenoxy) is 1. The maximum absolute atomic E-state index is 13.3. The van der Waals surface area contributed by atoms with Crippen molar-refractivity contribution in [2.24, 2.45) is 0 Å². The van der Waals surface area contributed by atoms with Crippen LogP contribution in [0.1, 0.15) is 38.7 Å². The molecule has 0 aliphatic rings. The number of benzene rings is 3. The first-order chi connectivity index (χ1) is 15.6. The van der Waals surface area contributed by atoms with Crippen LogP contribution in [-0.2, 0) is 16.1 Å². The Balaban J connectivity index is 1.78. The van der Waals surface area contributed by atoms with Crippen LogP contribution < -0.4 is 10.1 Å². The van der Waals surface area contributed by atoms with Gasteiger partial charge in [-0.2, -0.15) is 0 Å². The van der Waals surface area contributed by atoms with Crippen LogP contribution in [0.3, 0.4) is 0 Å². The fourth-order valence-corrected chi connectivity index (χ4v) is 3.75. The summed E-state index contributed by atoms with van der Waals surface area (Å²) in [5.74, 6) is 0.339. The second-order valence-electron chi connectivity index (χ2n) is 7.84. The molecule has 0 saturated carbocycles. The molecule has 1 atom stereocenters. The molecule has 168 valence electrons. The molecular formula is C27H32N2O3. The first kappa shape index (κ1) is 23.3. The van der Waals surface area contributed by atoms with Crippen molar-refractivity contribution in [1.29, 1.82) is 0 Å². The standard InChI is InChI=1S/C27H32N2O3/c1-3-5-18-28-27(31)24(4-2)29(19-21-12-7-6-8-13-21)26(30)20-32-25-17-11-15-22-14-9-10-16-23(22)25/h6-17,24H,3-5,18-20H2,1-2H3,(H,28,31)/t24-/m1/s1. The summed E-state index contributed by atoms with van der Waals surface area (Å²) in [5, 5.41) is 5.00. The lowest BCUT2D eigenvalue weighted by Crippen LogP contribution is -2.50. The smallest absolute Gasteiger partial charge is 0.261 e. The predicted octanol–water partition coefficient (Wildman–Crippen LogP) is 4.94. The topological polar surface area (TPSA) is 58.6 Å². The van der Waals surface area contributed by atoms with E-state index in [4.69, 9.17) is 4.74 Å². The summed E-state index contributed by atoms with van der Waals surface area (Å²) in [4.78, 5) is 27.8. The molecule has 0 saturated heterocycles. The van der Waals surface area contributed by atoms with E-state index in [-0.39, 0.29) is 18.4 Å². The number of carbonyl (C=O) groups excluding carboxylic acids is 2. The van der Waals surface area contributed by atoms with Crippen LogP contribution in [0.15, 0.2) is 72.8 Å². The quantitative estimate of drug-likeness (QED) is 0.437. The molecule has 0 unspecified atom stereocenters. The Kier molecular flexibility index (Phi) is 8.67. The Labute approximate surface area is 190 Å². The average molecular weight is 433 g/mol. The molecule has 32 heavy (non-hydrogen) atoms. The monoisotopic (exact) mass is 432 g/mol. The summed E-state index contributed by atoms with van der Waals surface area (Å²) in [6.07, 6.45) is 2.45. The molecule has 5 nitrogen and oxygen atoms in total. The van der Waals surface area contributed by atoms with Gasteiger partial charge in [-0.25, -0.2) is 0 Å². The number of hydrogen-bond donors (Lipinski definition) is 1. The molecule has 5 heteroatoms. The highest BCUT2D eigenvalue weighted by Gasteiger charge is 2.28. The fraction of sp³-hybridized carbons (Fsp3) is 0.333. The summed E-state index contributed by atoms with van der Waals surface area (Å²) < 4.78 is 5.95. The number of amides is 2. The Morgan fingerprint density at radius 2 is 1.66 bits per heavy atom. The summed E-state index contributed by atoms with van der Waals surface area (Å²) in [6.45, 7) is 4.86. The van der Waals surface area contributed by atoms with Crippen LogP contribution in [-0.4, -0.2) is 35.9 Å². The van der Waals surface area contributed by atoms with E-state index in [1.54, 1.807) is 4.90 Å². The fourth-order valence-electron chi connectivity index (χ4n) is 3.75. The predicted molar refractivity (Wildman–Crippen MR) is 128 cm³/mol. The van der Waals surface area contributed by atoms with Gasteiger partial charge in [-0.15, -0.1) is 0 Å². The molecule has 3 aromatic carbocycles. The van der Waals surface area contributed by atoms with Crippen LogP contribution in [0.25, 0.3) is 10.8 Å². The maximum atomic E-state index is 13.3. The third-order valence-corrected chi connectivity index (χ3v) is 5.51. The van der Waals surface area contributed by atoms with Crippen molar-refractivity contribution >= 4 is 22.6 Å². The molecule has 0 radical (unpaired) electrons. The lowest BCUT2D eigenvalue weighted by Gasteiger charge is -2.30. The van der Waals surface area contributed by atoms with Gasteiger partial charge in [-0.3, -0.25) is 9.59 Å². The molecule has 0 bridgehead atoms. The number of nitrogens with one attached hydrogen (secondary N) is 1. The lowest BCUT2D eigenvalue weighted by atomic mass is 10.1. The van der Waals surface area contributed by atoms with E-state index >= 15 is 0 Å². The van der Waals surface area contributed by atoms with Gasteiger partial charge in [0, 0.05) is 18.5 Å². The molecular weight excluding hydrogens is 400 g/mol. The zero-order chi connectivity index (χ0) is 22.8. The largest absolute Gasteiger partial charge is 0.483 e. The molecule has 0 heterocycles. The molecule has 3 rings (SSSR count). The van der Waals surface area contributed by atoms with Crippen molar-refractivity contribution in [2.45, 2.75) is 45.7 Å². The molecule has 0 aliphatic carbocycles. The van der Waals surface area contributed by atoms with E-state index in [0.717, 1.165) is 29.2 Å². The van der Waals surface area contributed by atoms with Gasteiger partial charge < -0.3 is 15.0 Å². The Morgan fingerprint density at radius 3 is 2.41 bits per heavy atom. The molecule has 0 aromatic heterocycles. The van der Waals surface area contributed by atoms with Crippen LogP contribution in [0, 0.1) is 0 Å². The van der Waals surface area contributed by atoms with E-state index in [2.05, 4.69) is 12.2 Å². The van der Waals surface area contributed by atoms with Gasteiger partial charge in [0.25, 0.3) is 5.91 Å². The first-order valence-electron chi connectivity index (χ1n) is 11.4. The summed E-state index contributed by atoms with van der Waals surface area (Å²) in [5.41, 5.74) is 0.978. The highest BCUT2D eigenvalue weighted by atomic mass is 16.5. The molecule has 0 fully saturated rings. The van der Waals surface area contributed by atoms with Crippen LogP contribution in [0.2, 0.25) is 0 Å². The number of unbranched alkanes of at least 4 members (excludes halogenated alkanes) is 1. The molecule has 0 aliphatic heterocycles. The van der Waals surface area contributed by atoms with E-state index in [9.17, 15) is 9.59 Å². The van der Waals surface area contributed by atoms with Crippen molar-refractivity contribution in [3.05, 3.63) is 78.4 Å². The van der Waals surface area contributed by atoms with Crippen molar-refractivity contribution < 1.29 is 14.3 Å². The van der Waals surface area contributed by atoms with Crippen molar-refractivity contribution in [3.8, 4) is 5.75 Å². The Hall–Kier alpha value is -3.34. The zero-order valence-corrected chi connectivity index (χ0v) is 18.9. The van der Waals surface area contributed by atoms with Crippen molar-refractivity contribution in [2.75, 3.05) is 13.2 Å². The van der Waals surface area contributed by atoms with Gasteiger partial charge in [0.05, 0.1) is 0 Å². The molecule has 2 amide bonds. The van der Waals surface area contributed by atoms with Gasteiger partial charge in [-0.05, 0) is 29.9 Å². The van der Waals surface area contributed by atoms with E-state index < -0.39 is 6.04 Å². The van der Waals surface area contributed by atoms with Crippen molar-refractivity contribution in [3.63, 3.8) is 0 Å². The van der Waals surface area contributed by atoms with Crippen LogP contribution in [0.5, 0.6) is 5.75 Å². The zero-order valence-electron chi connectivity index (χ0n) is 18.9. The second kappa shape index (κ2) is 11.9. The van der Waals surface area contributed by atoms with E-state index in [1.807, 2.05) is 79.7 Å². The number of fused-ring (bicyclic) bond motifs is 1. The third-order valence-electron chi connectivity index (χ3n) is 5.51. The number of rotatable bonds is 11. The van der Waals surface area contributed by atoms with E-state index in [1.165, 1.54) is 0 Å². The van der Waals surface area contributed by atoms with Crippen LogP contribution in [0.4, 0.5) is 0 Å². The highest BCUT2D eigenvalue weighted by molar-refractivity contribution is 5.90. The average Bonchev–Trinajstić information content (AvgIpc) is 2.83. The van der Waals surface area contributed by atoms with Crippen molar-refractivity contribution in [1.82, 2.24) is 10.2 Å². The normalized spacial score (nSPS) is 11.7. The third kappa shape index (κ3) is 6.10. The minimum Gasteiger partial charge on any atom is -0.483 e. The Morgan fingerprint density at radius 1 is 0.938 bits per heavy atom. The lowest BCUT2D eigenvalue weighted by molar-refractivity contribution is -0.142. The number of carbonyl (C=O) groups is 2. The first-order valence-corrected chi connectivity index (χ1v) is 11.4. The SMILES string of the molecule is CCCCNC(=O)[C@@H](CC)N(Cc1ccccc1)C(=O)COc1cccc2ccccc12. The summed E-state index contributed by atoms with van der Waals surface area (Å²) >= 11 is 0. The minimum absolute atomic E-state index is 0.115. The molecule has 0 spiro atoms. The van der Waals surface area contributed by atoms with Gasteiger partial charge in [0.1, 0.15) is 11.8 Å². The molecule has 1 N–H and O–H groups in total. The summed E-state index contributed by atoms with van der Waals surface area (Å²) in [6, 6.07) is 22.9. The minimum atomic E-state index is -0.546.